The highest BCUT2D eigenvalue weighted by molar-refractivity contribution is 5.30. The Morgan fingerprint density at radius 2 is 2.13 bits per heavy atom. The van der Waals surface area contributed by atoms with Crippen molar-refractivity contribution in [3.8, 4) is 0 Å². The maximum atomic E-state index is 5.04. The zero-order chi connectivity index (χ0) is 10.5. The minimum Gasteiger partial charge on any atom is -0.383 e. The predicted molar refractivity (Wildman–Crippen MR) is 62.1 cm³/mol. The summed E-state index contributed by atoms with van der Waals surface area (Å²) in [4.78, 5) is 0. The van der Waals surface area contributed by atoms with Gasteiger partial charge in [-0.15, -0.1) is 0 Å². The van der Waals surface area contributed by atoms with E-state index >= 15 is 0 Å². The summed E-state index contributed by atoms with van der Waals surface area (Å²) in [5.41, 5.74) is 3.04. The quantitative estimate of drug-likeness (QED) is 0.757. The largest absolute Gasteiger partial charge is 0.383 e. The maximum absolute atomic E-state index is 5.04. The molecule has 1 aromatic carbocycles. The molecule has 1 N–H and O–H groups in total. The lowest BCUT2D eigenvalue weighted by molar-refractivity contribution is 0.194. The smallest absolute Gasteiger partial charge is 0.0587 e. The Morgan fingerprint density at radius 3 is 2.93 bits per heavy atom. The second-order valence-corrected chi connectivity index (χ2v) is 4.16. The van der Waals surface area contributed by atoms with Crippen molar-refractivity contribution in [3.05, 3.63) is 35.4 Å². The fraction of sp³-hybridized carbons (Fsp3) is 0.538. The number of rotatable bonds is 4. The minimum atomic E-state index is 0.634. The molecule has 0 radical (unpaired) electrons. The summed E-state index contributed by atoms with van der Waals surface area (Å²) in [5.74, 6) is 0. The number of hydrogen-bond donors (Lipinski definition) is 1. The van der Waals surface area contributed by atoms with Crippen LogP contribution in [0.1, 0.15) is 17.5 Å². The molecule has 82 valence electrons. The Kier molecular flexibility index (Phi) is 3.75. The molecule has 0 saturated carbocycles. The molecule has 0 bridgehead atoms. The number of benzene rings is 1. The first-order valence-corrected chi connectivity index (χ1v) is 5.69. The second kappa shape index (κ2) is 5.29. The summed E-state index contributed by atoms with van der Waals surface area (Å²) < 4.78 is 5.04. The number of hydrogen-bond acceptors (Lipinski definition) is 2. The van der Waals surface area contributed by atoms with Crippen LogP contribution in [0, 0.1) is 0 Å². The Balaban J connectivity index is 1.88. The van der Waals surface area contributed by atoms with Gasteiger partial charge >= 0.3 is 0 Å². The van der Waals surface area contributed by atoms with Gasteiger partial charge in [-0.05, 0) is 30.4 Å². The Bertz CT molecular complexity index is 311. The second-order valence-electron chi connectivity index (χ2n) is 4.16. The topological polar surface area (TPSA) is 21.3 Å². The van der Waals surface area contributed by atoms with Gasteiger partial charge in [0.25, 0.3) is 0 Å². The van der Waals surface area contributed by atoms with E-state index in [9.17, 15) is 0 Å². The van der Waals surface area contributed by atoms with E-state index in [1.807, 2.05) is 0 Å². The molecular weight excluding hydrogens is 186 g/mol. The van der Waals surface area contributed by atoms with Crippen molar-refractivity contribution in [2.45, 2.75) is 25.3 Å². The molecule has 0 aromatic heterocycles. The first-order valence-electron chi connectivity index (χ1n) is 5.69. The molecule has 0 aliphatic heterocycles. The van der Waals surface area contributed by atoms with Crippen LogP contribution in [0.15, 0.2) is 24.3 Å². The van der Waals surface area contributed by atoms with Crippen LogP contribution in [-0.4, -0.2) is 26.3 Å². The molecule has 0 saturated heterocycles. The highest BCUT2D eigenvalue weighted by Gasteiger charge is 2.16. The number of methoxy groups -OCH3 is 1. The standard InChI is InChI=1S/C13H19NO/c1-15-9-8-14-13-7-6-11-4-2-3-5-12(11)10-13/h2-5,13-14H,6-10H2,1H3/t13-/m0/s1. The maximum Gasteiger partial charge on any atom is 0.0587 e. The summed E-state index contributed by atoms with van der Waals surface area (Å²) in [6, 6.07) is 9.41. The van der Waals surface area contributed by atoms with E-state index in [0.29, 0.717) is 6.04 Å². The van der Waals surface area contributed by atoms with Gasteiger partial charge in [0, 0.05) is 19.7 Å². The van der Waals surface area contributed by atoms with Gasteiger partial charge in [-0.2, -0.15) is 0 Å². The van der Waals surface area contributed by atoms with Crippen LogP contribution < -0.4 is 5.32 Å². The fourth-order valence-electron chi connectivity index (χ4n) is 2.24. The van der Waals surface area contributed by atoms with E-state index in [4.69, 9.17) is 4.74 Å². The van der Waals surface area contributed by atoms with E-state index < -0.39 is 0 Å². The van der Waals surface area contributed by atoms with Crippen molar-refractivity contribution in [3.63, 3.8) is 0 Å². The van der Waals surface area contributed by atoms with Crippen molar-refractivity contribution < 1.29 is 4.74 Å². The third kappa shape index (κ3) is 2.80. The summed E-state index contributed by atoms with van der Waals surface area (Å²) >= 11 is 0. The molecule has 1 aliphatic rings. The lowest BCUT2D eigenvalue weighted by Gasteiger charge is -2.25. The van der Waals surface area contributed by atoms with Gasteiger partial charge in [-0.3, -0.25) is 0 Å². The minimum absolute atomic E-state index is 0.634. The molecule has 0 unspecified atom stereocenters. The Labute approximate surface area is 91.6 Å². The van der Waals surface area contributed by atoms with Crippen LogP contribution in [-0.2, 0) is 17.6 Å². The van der Waals surface area contributed by atoms with Crippen LogP contribution in [0.4, 0.5) is 0 Å². The molecular formula is C13H19NO. The van der Waals surface area contributed by atoms with E-state index in [2.05, 4.69) is 29.6 Å². The zero-order valence-electron chi connectivity index (χ0n) is 9.33. The Morgan fingerprint density at radius 1 is 1.33 bits per heavy atom. The third-order valence-electron chi connectivity index (χ3n) is 3.09. The molecule has 2 nitrogen and oxygen atoms in total. The van der Waals surface area contributed by atoms with Gasteiger partial charge in [-0.1, -0.05) is 24.3 Å². The molecule has 2 heteroatoms. The first-order chi connectivity index (χ1) is 7.40. The monoisotopic (exact) mass is 205 g/mol. The molecule has 0 spiro atoms. The highest BCUT2D eigenvalue weighted by atomic mass is 16.5. The summed E-state index contributed by atoms with van der Waals surface area (Å²) in [5, 5.41) is 3.54. The highest BCUT2D eigenvalue weighted by Crippen LogP contribution is 2.20. The molecule has 0 heterocycles. The number of fused-ring (bicyclic) bond motifs is 1. The van der Waals surface area contributed by atoms with Crippen molar-refractivity contribution in [2.24, 2.45) is 0 Å². The lowest BCUT2D eigenvalue weighted by atomic mass is 9.88. The van der Waals surface area contributed by atoms with Crippen LogP contribution in [0.5, 0.6) is 0 Å². The molecule has 0 fully saturated rings. The first kappa shape index (κ1) is 10.7. The van der Waals surface area contributed by atoms with Crippen molar-refractivity contribution in [1.29, 1.82) is 0 Å². The molecule has 2 rings (SSSR count). The van der Waals surface area contributed by atoms with Crippen molar-refractivity contribution >= 4 is 0 Å². The molecule has 0 amide bonds. The van der Waals surface area contributed by atoms with E-state index in [0.717, 1.165) is 13.2 Å². The fourth-order valence-corrected chi connectivity index (χ4v) is 2.24. The van der Waals surface area contributed by atoms with Crippen molar-refractivity contribution in [1.82, 2.24) is 5.32 Å². The zero-order valence-corrected chi connectivity index (χ0v) is 9.33. The van der Waals surface area contributed by atoms with Gasteiger partial charge < -0.3 is 10.1 Å². The average Bonchev–Trinajstić information content (AvgIpc) is 2.29. The van der Waals surface area contributed by atoms with Crippen molar-refractivity contribution in [2.75, 3.05) is 20.3 Å². The van der Waals surface area contributed by atoms with Crippen LogP contribution in [0.3, 0.4) is 0 Å². The van der Waals surface area contributed by atoms with Gasteiger partial charge in [-0.25, -0.2) is 0 Å². The van der Waals surface area contributed by atoms with Crippen LogP contribution >= 0.6 is 0 Å². The summed E-state index contributed by atoms with van der Waals surface area (Å²) in [7, 11) is 1.75. The van der Waals surface area contributed by atoms with Crippen LogP contribution in [0.25, 0.3) is 0 Å². The van der Waals surface area contributed by atoms with E-state index in [1.165, 1.54) is 30.4 Å². The summed E-state index contributed by atoms with van der Waals surface area (Å²) in [6.07, 6.45) is 3.63. The number of nitrogens with one attached hydrogen (secondary N) is 1. The van der Waals surface area contributed by atoms with Crippen LogP contribution in [0.2, 0.25) is 0 Å². The molecule has 1 atom stereocenters. The summed E-state index contributed by atoms with van der Waals surface area (Å²) in [6.45, 7) is 1.77. The third-order valence-corrected chi connectivity index (χ3v) is 3.09. The molecule has 1 aromatic rings. The normalized spacial score (nSPS) is 19.9. The average molecular weight is 205 g/mol. The van der Waals surface area contributed by atoms with Gasteiger partial charge in [0.2, 0.25) is 0 Å². The van der Waals surface area contributed by atoms with Gasteiger partial charge in [0.05, 0.1) is 6.61 Å². The SMILES string of the molecule is COCCN[C@H]1CCc2ccccc2C1. The molecule has 1 aliphatic carbocycles. The van der Waals surface area contributed by atoms with E-state index in [-0.39, 0.29) is 0 Å². The van der Waals surface area contributed by atoms with E-state index in [1.54, 1.807) is 7.11 Å². The molecule has 15 heavy (non-hydrogen) atoms. The predicted octanol–water partition coefficient (Wildman–Crippen LogP) is 1.78. The lowest BCUT2D eigenvalue weighted by Crippen LogP contribution is -2.36. The van der Waals surface area contributed by atoms with Gasteiger partial charge in [0.15, 0.2) is 0 Å². The van der Waals surface area contributed by atoms with Gasteiger partial charge in [0.1, 0.15) is 0 Å². The Hall–Kier alpha value is -0.860. The number of aryl methyl sites for hydroxylation is 1. The number of ether oxygens (including phenoxy) is 1.